The summed E-state index contributed by atoms with van der Waals surface area (Å²) in [6.07, 6.45) is 0.690. The topological polar surface area (TPSA) is 56.3 Å². The van der Waals surface area contributed by atoms with Crippen LogP contribution in [0.4, 0.5) is 15.2 Å². The summed E-state index contributed by atoms with van der Waals surface area (Å²) in [5.74, 6) is 1.52. The van der Waals surface area contributed by atoms with Crippen LogP contribution in [0.5, 0.6) is 11.5 Å². The van der Waals surface area contributed by atoms with Gasteiger partial charge >= 0.3 is 0 Å². The molecule has 0 atom stereocenters. The van der Waals surface area contributed by atoms with Crippen LogP contribution in [-0.2, 0) is 11.2 Å². The molecule has 0 spiro atoms. The fourth-order valence-corrected chi connectivity index (χ4v) is 2.63. The molecule has 1 N–H and O–H groups in total. The van der Waals surface area contributed by atoms with Gasteiger partial charge in [-0.15, -0.1) is 0 Å². The highest BCUT2D eigenvalue weighted by Gasteiger charge is 2.05. The Morgan fingerprint density at radius 2 is 1.96 bits per heavy atom. The summed E-state index contributed by atoms with van der Waals surface area (Å²) in [4.78, 5) is 4.39. The number of benzene rings is 2. The number of rotatable bonds is 7. The van der Waals surface area contributed by atoms with Gasteiger partial charge in [-0.05, 0) is 36.4 Å². The van der Waals surface area contributed by atoms with Crippen molar-refractivity contribution in [2.75, 3.05) is 19.0 Å². The Morgan fingerprint density at radius 3 is 2.71 bits per heavy atom. The van der Waals surface area contributed by atoms with E-state index < -0.39 is 0 Å². The highest BCUT2D eigenvalue weighted by molar-refractivity contribution is 7.09. The number of anilines is 2. The van der Waals surface area contributed by atoms with Crippen molar-refractivity contribution in [2.24, 2.45) is 0 Å². The summed E-state index contributed by atoms with van der Waals surface area (Å²) in [5, 5.41) is 3.91. The van der Waals surface area contributed by atoms with Gasteiger partial charge in [0.25, 0.3) is 0 Å². The van der Waals surface area contributed by atoms with Crippen molar-refractivity contribution in [3.63, 3.8) is 0 Å². The Morgan fingerprint density at radius 1 is 1.12 bits per heavy atom. The van der Waals surface area contributed by atoms with Gasteiger partial charge < -0.3 is 14.8 Å². The van der Waals surface area contributed by atoms with Crippen molar-refractivity contribution >= 4 is 22.4 Å². The van der Waals surface area contributed by atoms with E-state index in [1.54, 1.807) is 31.4 Å². The van der Waals surface area contributed by atoms with Gasteiger partial charge in [0.2, 0.25) is 5.13 Å². The molecule has 0 amide bonds. The summed E-state index contributed by atoms with van der Waals surface area (Å²) in [6, 6.07) is 13.4. The number of ether oxygens (including phenoxy) is 2. The zero-order valence-corrected chi connectivity index (χ0v) is 13.8. The number of methoxy groups -OCH3 is 1. The average Bonchev–Trinajstić information content (AvgIpc) is 3.02. The molecule has 3 rings (SSSR count). The molecular weight excluding hydrogens is 329 g/mol. The second-order valence-corrected chi connectivity index (χ2v) is 5.72. The Hall–Kier alpha value is -2.51. The first-order valence-corrected chi connectivity index (χ1v) is 8.12. The van der Waals surface area contributed by atoms with E-state index in [0.29, 0.717) is 24.5 Å². The Bertz CT molecular complexity index is 793. The highest BCUT2D eigenvalue weighted by atomic mass is 32.1. The third-order valence-corrected chi connectivity index (χ3v) is 3.80. The smallest absolute Gasteiger partial charge is 0.207 e. The van der Waals surface area contributed by atoms with Crippen LogP contribution < -0.4 is 10.1 Å². The fraction of sp³-hybridized carbons (Fsp3) is 0.176. The number of hydrogen-bond acceptors (Lipinski definition) is 6. The van der Waals surface area contributed by atoms with E-state index in [1.165, 1.54) is 23.7 Å². The molecule has 0 radical (unpaired) electrons. The molecule has 0 unspecified atom stereocenters. The molecular formula is C17H16FN3O2S. The predicted octanol–water partition coefficient (Wildman–Crippen LogP) is 4.40. The first kappa shape index (κ1) is 16.4. The molecule has 0 bridgehead atoms. The largest absolute Gasteiger partial charge is 0.457 e. The zero-order valence-electron chi connectivity index (χ0n) is 13.0. The van der Waals surface area contributed by atoms with E-state index in [4.69, 9.17) is 9.47 Å². The Labute approximate surface area is 143 Å². The summed E-state index contributed by atoms with van der Waals surface area (Å²) < 4.78 is 28.0. The van der Waals surface area contributed by atoms with Crippen molar-refractivity contribution < 1.29 is 13.9 Å². The van der Waals surface area contributed by atoms with E-state index in [2.05, 4.69) is 14.7 Å². The van der Waals surface area contributed by atoms with Crippen LogP contribution in [0, 0.1) is 5.82 Å². The van der Waals surface area contributed by atoms with E-state index in [0.717, 1.165) is 16.6 Å². The minimum absolute atomic E-state index is 0.327. The molecule has 0 fully saturated rings. The van der Waals surface area contributed by atoms with E-state index in [-0.39, 0.29) is 5.82 Å². The lowest BCUT2D eigenvalue weighted by molar-refractivity contribution is 0.201. The molecule has 7 heteroatoms. The number of nitrogens with one attached hydrogen (secondary N) is 1. The first-order valence-electron chi connectivity index (χ1n) is 7.35. The van der Waals surface area contributed by atoms with Gasteiger partial charge in [-0.3, -0.25) is 0 Å². The van der Waals surface area contributed by atoms with Gasteiger partial charge in [0, 0.05) is 36.8 Å². The van der Waals surface area contributed by atoms with Crippen molar-refractivity contribution in [1.29, 1.82) is 0 Å². The van der Waals surface area contributed by atoms with Crippen LogP contribution >= 0.6 is 11.5 Å². The normalized spacial score (nSPS) is 10.6. The lowest BCUT2D eigenvalue weighted by Crippen LogP contribution is -1.96. The molecule has 0 saturated heterocycles. The maximum Gasteiger partial charge on any atom is 0.207 e. The molecule has 3 aromatic rings. The monoisotopic (exact) mass is 345 g/mol. The maximum atomic E-state index is 13.1. The summed E-state index contributed by atoms with van der Waals surface area (Å²) in [7, 11) is 1.65. The molecule has 2 aromatic carbocycles. The number of halogens is 1. The van der Waals surface area contributed by atoms with E-state index in [1.807, 2.05) is 12.1 Å². The lowest BCUT2D eigenvalue weighted by atomic mass is 10.3. The number of aromatic nitrogens is 2. The molecule has 5 nitrogen and oxygen atoms in total. The molecule has 1 heterocycles. The number of hydrogen-bond donors (Lipinski definition) is 1. The van der Waals surface area contributed by atoms with Crippen LogP contribution in [-0.4, -0.2) is 23.1 Å². The number of nitrogens with zero attached hydrogens (tertiary/aromatic N) is 2. The van der Waals surface area contributed by atoms with Crippen molar-refractivity contribution in [3.05, 3.63) is 60.2 Å². The summed E-state index contributed by atoms with van der Waals surface area (Å²) in [5.41, 5.74) is 0.871. The Balaban J connectivity index is 1.61. The van der Waals surface area contributed by atoms with Gasteiger partial charge in [-0.25, -0.2) is 9.37 Å². The average molecular weight is 345 g/mol. The van der Waals surface area contributed by atoms with Crippen LogP contribution in [0.2, 0.25) is 0 Å². The van der Waals surface area contributed by atoms with Crippen molar-refractivity contribution in [1.82, 2.24) is 9.36 Å². The second kappa shape index (κ2) is 7.85. The molecule has 0 aliphatic heterocycles. The molecule has 124 valence electrons. The van der Waals surface area contributed by atoms with Crippen LogP contribution in [0.15, 0.2) is 48.5 Å². The minimum atomic E-state index is -0.327. The maximum absolute atomic E-state index is 13.1. The van der Waals surface area contributed by atoms with Crippen molar-refractivity contribution in [3.8, 4) is 11.5 Å². The zero-order chi connectivity index (χ0) is 16.8. The minimum Gasteiger partial charge on any atom is -0.457 e. The molecule has 24 heavy (non-hydrogen) atoms. The fourth-order valence-electron chi connectivity index (χ4n) is 2.00. The van der Waals surface area contributed by atoms with Gasteiger partial charge in [-0.1, -0.05) is 6.07 Å². The third-order valence-electron chi connectivity index (χ3n) is 3.14. The van der Waals surface area contributed by atoms with Crippen molar-refractivity contribution in [2.45, 2.75) is 6.42 Å². The quantitative estimate of drug-likeness (QED) is 0.688. The lowest BCUT2D eigenvalue weighted by Gasteiger charge is -2.07. The van der Waals surface area contributed by atoms with Gasteiger partial charge in [0.15, 0.2) is 0 Å². The third kappa shape index (κ3) is 4.50. The van der Waals surface area contributed by atoms with E-state index in [9.17, 15) is 4.39 Å². The Kier molecular flexibility index (Phi) is 5.35. The van der Waals surface area contributed by atoms with Crippen LogP contribution in [0.25, 0.3) is 0 Å². The molecule has 0 saturated carbocycles. The highest BCUT2D eigenvalue weighted by Crippen LogP contribution is 2.25. The standard InChI is InChI=1S/C17H16FN3O2S/c1-22-10-9-16-20-17(24-21-16)19-13-5-7-14(8-6-13)23-15-4-2-3-12(18)11-15/h2-8,11H,9-10H2,1H3,(H,19,20,21). The molecule has 1 aromatic heterocycles. The summed E-state index contributed by atoms with van der Waals surface area (Å²) in [6.45, 7) is 0.599. The van der Waals surface area contributed by atoms with E-state index >= 15 is 0 Å². The summed E-state index contributed by atoms with van der Waals surface area (Å²) >= 11 is 1.30. The van der Waals surface area contributed by atoms with Gasteiger partial charge in [0.05, 0.1) is 6.61 Å². The molecule has 0 aliphatic rings. The van der Waals surface area contributed by atoms with Crippen LogP contribution in [0.3, 0.4) is 0 Å². The SMILES string of the molecule is COCCc1nsc(Nc2ccc(Oc3cccc(F)c3)cc2)n1. The van der Waals surface area contributed by atoms with Gasteiger partial charge in [-0.2, -0.15) is 4.37 Å². The van der Waals surface area contributed by atoms with Gasteiger partial charge in [0.1, 0.15) is 23.1 Å². The first-order chi connectivity index (χ1) is 11.7. The second-order valence-electron chi connectivity index (χ2n) is 4.97. The molecule has 0 aliphatic carbocycles. The predicted molar refractivity (Wildman–Crippen MR) is 91.7 cm³/mol. The van der Waals surface area contributed by atoms with Crippen LogP contribution in [0.1, 0.15) is 5.82 Å².